The first-order chi connectivity index (χ1) is 9.33. The molecule has 0 saturated heterocycles. The van der Waals surface area contributed by atoms with E-state index in [0.29, 0.717) is 6.54 Å². The van der Waals surface area contributed by atoms with E-state index in [4.69, 9.17) is 4.74 Å². The minimum Gasteiger partial charge on any atom is -0.497 e. The zero-order valence-corrected chi connectivity index (χ0v) is 11.0. The average Bonchev–Trinajstić information content (AvgIpc) is 2.49. The van der Waals surface area contributed by atoms with E-state index in [2.05, 4.69) is 5.32 Å². The number of rotatable bonds is 6. The zero-order valence-electron chi connectivity index (χ0n) is 11.0. The van der Waals surface area contributed by atoms with E-state index in [1.165, 1.54) is 0 Å². The van der Waals surface area contributed by atoms with Gasteiger partial charge < -0.3 is 15.2 Å². The molecular weight excluding hydrogens is 238 g/mol. The summed E-state index contributed by atoms with van der Waals surface area (Å²) in [6.45, 7) is 0.769. The van der Waals surface area contributed by atoms with Gasteiger partial charge in [-0.1, -0.05) is 42.5 Å². The second kappa shape index (κ2) is 6.92. The van der Waals surface area contributed by atoms with Crippen molar-refractivity contribution in [1.82, 2.24) is 5.32 Å². The maximum absolute atomic E-state index is 9.47. The molecule has 0 saturated carbocycles. The molecule has 1 atom stereocenters. The Morgan fingerprint density at radius 2 is 1.89 bits per heavy atom. The third-order valence-electron chi connectivity index (χ3n) is 3.07. The maximum atomic E-state index is 9.47. The zero-order chi connectivity index (χ0) is 13.5. The van der Waals surface area contributed by atoms with Gasteiger partial charge in [0.05, 0.1) is 19.8 Å². The Bertz CT molecular complexity index is 499. The highest BCUT2D eigenvalue weighted by atomic mass is 16.5. The van der Waals surface area contributed by atoms with Crippen LogP contribution in [0.15, 0.2) is 54.6 Å². The number of hydrogen-bond donors (Lipinski definition) is 2. The van der Waals surface area contributed by atoms with E-state index >= 15 is 0 Å². The molecule has 2 aromatic carbocycles. The fraction of sp³-hybridized carbons (Fsp3) is 0.250. The molecule has 0 bridgehead atoms. The molecule has 1 unspecified atom stereocenters. The van der Waals surface area contributed by atoms with Crippen LogP contribution < -0.4 is 10.1 Å². The van der Waals surface area contributed by atoms with Crippen LogP contribution in [-0.4, -0.2) is 18.8 Å². The summed E-state index contributed by atoms with van der Waals surface area (Å²) in [5, 5.41) is 12.8. The van der Waals surface area contributed by atoms with Gasteiger partial charge in [0.25, 0.3) is 0 Å². The van der Waals surface area contributed by atoms with Gasteiger partial charge in [0.15, 0.2) is 0 Å². The molecular formula is C16H19NO2. The van der Waals surface area contributed by atoms with Crippen molar-refractivity contribution in [1.29, 1.82) is 0 Å². The van der Waals surface area contributed by atoms with Crippen LogP contribution in [-0.2, 0) is 6.54 Å². The lowest BCUT2D eigenvalue weighted by Gasteiger charge is -2.17. The summed E-state index contributed by atoms with van der Waals surface area (Å²) in [7, 11) is 1.66. The summed E-state index contributed by atoms with van der Waals surface area (Å²) in [5.41, 5.74) is 2.22. The molecule has 0 aromatic heterocycles. The van der Waals surface area contributed by atoms with Crippen LogP contribution in [0.3, 0.4) is 0 Å². The molecule has 0 fully saturated rings. The number of methoxy groups -OCH3 is 1. The molecule has 0 aliphatic carbocycles. The maximum Gasteiger partial charge on any atom is 0.119 e. The van der Waals surface area contributed by atoms with Gasteiger partial charge in [-0.2, -0.15) is 0 Å². The van der Waals surface area contributed by atoms with Crippen molar-refractivity contribution >= 4 is 0 Å². The molecule has 0 spiro atoms. The van der Waals surface area contributed by atoms with Crippen molar-refractivity contribution in [2.45, 2.75) is 12.6 Å². The first kappa shape index (κ1) is 13.6. The molecule has 0 aliphatic heterocycles. The lowest BCUT2D eigenvalue weighted by atomic mass is 10.1. The molecule has 0 amide bonds. The summed E-state index contributed by atoms with van der Waals surface area (Å²) in [4.78, 5) is 0. The van der Waals surface area contributed by atoms with Gasteiger partial charge in [0.1, 0.15) is 5.75 Å². The van der Waals surface area contributed by atoms with Gasteiger partial charge in [-0.05, 0) is 23.3 Å². The standard InChI is InChI=1S/C16H19NO2/c1-19-15-9-5-6-13(10-15)11-17-16(12-18)14-7-3-2-4-8-14/h2-10,16-18H,11-12H2,1H3. The van der Waals surface area contributed by atoms with Crippen molar-refractivity contribution in [3.05, 3.63) is 65.7 Å². The summed E-state index contributed by atoms with van der Waals surface area (Å²) >= 11 is 0. The highest BCUT2D eigenvalue weighted by Crippen LogP contribution is 2.15. The molecule has 2 N–H and O–H groups in total. The quantitative estimate of drug-likeness (QED) is 0.835. The van der Waals surface area contributed by atoms with Crippen molar-refractivity contribution in [2.75, 3.05) is 13.7 Å². The van der Waals surface area contributed by atoms with Gasteiger partial charge in [0, 0.05) is 6.54 Å². The van der Waals surface area contributed by atoms with Crippen LogP contribution in [0, 0.1) is 0 Å². The fourth-order valence-corrected chi connectivity index (χ4v) is 2.00. The van der Waals surface area contributed by atoms with Crippen molar-refractivity contribution in [3.8, 4) is 5.75 Å². The average molecular weight is 257 g/mol. The predicted molar refractivity (Wildman–Crippen MR) is 76.1 cm³/mol. The van der Waals surface area contributed by atoms with E-state index < -0.39 is 0 Å². The molecule has 3 nitrogen and oxygen atoms in total. The highest BCUT2D eigenvalue weighted by molar-refractivity contribution is 5.28. The highest BCUT2D eigenvalue weighted by Gasteiger charge is 2.08. The molecule has 0 radical (unpaired) electrons. The first-order valence-corrected chi connectivity index (χ1v) is 6.35. The summed E-state index contributed by atoms with van der Waals surface area (Å²) in [5.74, 6) is 0.847. The SMILES string of the molecule is COc1cccc(CNC(CO)c2ccccc2)c1. The van der Waals surface area contributed by atoms with Gasteiger partial charge >= 0.3 is 0 Å². The van der Waals surface area contributed by atoms with Crippen LogP contribution in [0.25, 0.3) is 0 Å². The van der Waals surface area contributed by atoms with E-state index in [9.17, 15) is 5.11 Å². The number of aliphatic hydroxyl groups excluding tert-OH is 1. The molecule has 2 rings (SSSR count). The third-order valence-corrected chi connectivity index (χ3v) is 3.07. The number of benzene rings is 2. The van der Waals surface area contributed by atoms with Crippen molar-refractivity contribution < 1.29 is 9.84 Å². The molecule has 2 aromatic rings. The molecule has 100 valence electrons. The Labute approximate surface area is 113 Å². The topological polar surface area (TPSA) is 41.5 Å². The van der Waals surface area contributed by atoms with E-state index in [-0.39, 0.29) is 12.6 Å². The Kier molecular flexibility index (Phi) is 4.95. The summed E-state index contributed by atoms with van der Waals surface area (Å²) < 4.78 is 5.20. The van der Waals surface area contributed by atoms with E-state index in [0.717, 1.165) is 16.9 Å². The normalized spacial score (nSPS) is 12.1. The number of hydrogen-bond acceptors (Lipinski definition) is 3. The lowest BCUT2D eigenvalue weighted by Crippen LogP contribution is -2.23. The number of ether oxygens (including phenoxy) is 1. The molecule has 0 heterocycles. The number of nitrogens with one attached hydrogen (secondary N) is 1. The first-order valence-electron chi connectivity index (χ1n) is 6.35. The third kappa shape index (κ3) is 3.81. The van der Waals surface area contributed by atoms with Crippen molar-refractivity contribution in [3.63, 3.8) is 0 Å². The Hall–Kier alpha value is -1.84. The summed E-state index contributed by atoms with van der Waals surface area (Å²) in [6, 6.07) is 17.8. The van der Waals surface area contributed by atoms with Gasteiger partial charge in [-0.3, -0.25) is 0 Å². The van der Waals surface area contributed by atoms with Crippen LogP contribution in [0.1, 0.15) is 17.2 Å². The molecule has 0 aliphatic rings. The van der Waals surface area contributed by atoms with E-state index in [1.54, 1.807) is 7.11 Å². The largest absolute Gasteiger partial charge is 0.497 e. The lowest BCUT2D eigenvalue weighted by molar-refractivity contribution is 0.243. The van der Waals surface area contributed by atoms with Crippen LogP contribution in [0.2, 0.25) is 0 Å². The Morgan fingerprint density at radius 1 is 1.11 bits per heavy atom. The van der Waals surface area contributed by atoms with Crippen LogP contribution >= 0.6 is 0 Å². The van der Waals surface area contributed by atoms with Gasteiger partial charge in [-0.25, -0.2) is 0 Å². The van der Waals surface area contributed by atoms with Crippen molar-refractivity contribution in [2.24, 2.45) is 0 Å². The minimum absolute atomic E-state index is 0.0487. The minimum atomic E-state index is -0.0487. The van der Waals surface area contributed by atoms with Crippen LogP contribution in [0.4, 0.5) is 0 Å². The van der Waals surface area contributed by atoms with Gasteiger partial charge in [0.2, 0.25) is 0 Å². The van der Waals surface area contributed by atoms with E-state index in [1.807, 2.05) is 54.6 Å². The fourth-order valence-electron chi connectivity index (χ4n) is 2.00. The Balaban J connectivity index is 2.00. The van der Waals surface area contributed by atoms with Crippen LogP contribution in [0.5, 0.6) is 5.75 Å². The Morgan fingerprint density at radius 3 is 2.58 bits per heavy atom. The number of aliphatic hydroxyl groups is 1. The molecule has 19 heavy (non-hydrogen) atoms. The second-order valence-corrected chi connectivity index (χ2v) is 4.38. The summed E-state index contributed by atoms with van der Waals surface area (Å²) in [6.07, 6.45) is 0. The second-order valence-electron chi connectivity index (χ2n) is 4.38. The van der Waals surface area contributed by atoms with Gasteiger partial charge in [-0.15, -0.1) is 0 Å². The molecule has 3 heteroatoms. The monoisotopic (exact) mass is 257 g/mol. The smallest absolute Gasteiger partial charge is 0.119 e. The predicted octanol–water partition coefficient (Wildman–Crippen LogP) is 2.52.